The first-order valence-corrected chi connectivity index (χ1v) is 7.61. The molecule has 5 nitrogen and oxygen atoms in total. The first kappa shape index (κ1) is 17.8. The van der Waals surface area contributed by atoms with E-state index in [1.807, 2.05) is 0 Å². The van der Waals surface area contributed by atoms with Crippen LogP contribution in [-0.4, -0.2) is 44.1 Å². The maximum atomic E-state index is 12.3. The van der Waals surface area contributed by atoms with Crippen molar-refractivity contribution in [2.75, 3.05) is 19.7 Å². The van der Waals surface area contributed by atoms with Gasteiger partial charge in [-0.05, 0) is 18.2 Å². The Morgan fingerprint density at radius 2 is 2.14 bits per heavy atom. The summed E-state index contributed by atoms with van der Waals surface area (Å²) in [5, 5.41) is 8.65. The molecule has 118 valence electrons. The molecule has 1 aromatic carbocycles. The van der Waals surface area contributed by atoms with Gasteiger partial charge in [0.25, 0.3) is 0 Å². The Morgan fingerprint density at radius 3 is 2.62 bits per heavy atom. The Balaban J connectivity index is 3.13. The highest BCUT2D eigenvalue weighted by Crippen LogP contribution is 2.29. The summed E-state index contributed by atoms with van der Waals surface area (Å²) in [6, 6.07) is 3.17. The molecule has 0 spiro atoms. The van der Waals surface area contributed by atoms with Crippen LogP contribution in [0.2, 0.25) is 5.02 Å². The Labute approximate surface area is 126 Å². The summed E-state index contributed by atoms with van der Waals surface area (Å²) in [5.41, 5.74) is 0. The van der Waals surface area contributed by atoms with Crippen molar-refractivity contribution in [3.05, 3.63) is 35.9 Å². The molecule has 0 amide bonds. The van der Waals surface area contributed by atoms with Crippen LogP contribution in [-0.2, 0) is 10.0 Å². The fraction of sp³-hybridized carbons (Fsp3) is 0.333. The largest absolute Gasteiger partial charge is 0.433 e. The lowest BCUT2D eigenvalue weighted by Crippen LogP contribution is -2.33. The van der Waals surface area contributed by atoms with Gasteiger partial charge >= 0.3 is 6.61 Å². The predicted octanol–water partition coefficient (Wildman–Crippen LogP) is 2.11. The van der Waals surface area contributed by atoms with E-state index in [1.54, 1.807) is 0 Å². The highest BCUT2D eigenvalue weighted by atomic mass is 35.5. The van der Waals surface area contributed by atoms with E-state index in [-0.39, 0.29) is 35.4 Å². The molecule has 0 aliphatic heterocycles. The van der Waals surface area contributed by atoms with Crippen molar-refractivity contribution in [1.82, 2.24) is 4.31 Å². The first-order chi connectivity index (χ1) is 9.82. The van der Waals surface area contributed by atoms with Gasteiger partial charge in [-0.25, -0.2) is 8.42 Å². The highest BCUT2D eigenvalue weighted by Gasteiger charge is 2.24. The molecule has 0 bridgehead atoms. The molecular weight excluding hydrogens is 328 g/mol. The summed E-state index contributed by atoms with van der Waals surface area (Å²) in [6.45, 7) is -0.117. The van der Waals surface area contributed by atoms with Gasteiger partial charge in [-0.2, -0.15) is 13.1 Å². The maximum Gasteiger partial charge on any atom is 0.387 e. The van der Waals surface area contributed by atoms with Crippen LogP contribution < -0.4 is 4.74 Å². The standard InChI is InChI=1S/C12H14ClF2NO4S/c1-2-5-16(6-7-17)21(18,19)9-3-4-11(10(13)8-9)20-12(14)15/h2-4,8,12,17H,1,5-7H2. The second kappa shape index (κ2) is 7.69. The third kappa shape index (κ3) is 4.63. The summed E-state index contributed by atoms with van der Waals surface area (Å²) in [6.07, 6.45) is 1.36. The Morgan fingerprint density at radius 1 is 1.48 bits per heavy atom. The van der Waals surface area contributed by atoms with Crippen LogP contribution in [0.15, 0.2) is 35.7 Å². The molecule has 0 aliphatic rings. The molecule has 9 heteroatoms. The van der Waals surface area contributed by atoms with Gasteiger partial charge in [-0.1, -0.05) is 17.7 Å². The van der Waals surface area contributed by atoms with E-state index in [2.05, 4.69) is 11.3 Å². The predicted molar refractivity (Wildman–Crippen MR) is 74.1 cm³/mol. The zero-order chi connectivity index (χ0) is 16.0. The lowest BCUT2D eigenvalue weighted by atomic mass is 10.3. The first-order valence-electron chi connectivity index (χ1n) is 5.79. The highest BCUT2D eigenvalue weighted by molar-refractivity contribution is 7.89. The number of halogens is 3. The van der Waals surface area contributed by atoms with E-state index in [9.17, 15) is 17.2 Å². The molecule has 1 rings (SSSR count). The molecule has 1 N–H and O–H groups in total. The molecular formula is C12H14ClF2NO4S. The van der Waals surface area contributed by atoms with Crippen LogP contribution >= 0.6 is 11.6 Å². The molecule has 0 unspecified atom stereocenters. The number of rotatable bonds is 8. The van der Waals surface area contributed by atoms with Crippen LogP contribution in [0, 0.1) is 0 Å². The minimum atomic E-state index is -3.92. The number of benzene rings is 1. The van der Waals surface area contributed by atoms with E-state index in [1.165, 1.54) is 6.08 Å². The normalized spacial score (nSPS) is 11.9. The topological polar surface area (TPSA) is 66.8 Å². The molecule has 0 atom stereocenters. The van der Waals surface area contributed by atoms with Crippen LogP contribution in [0.5, 0.6) is 5.75 Å². The summed E-state index contributed by atoms with van der Waals surface area (Å²) in [7, 11) is -3.92. The average Bonchev–Trinajstić information content (AvgIpc) is 2.40. The van der Waals surface area contributed by atoms with Crippen LogP contribution in [0.3, 0.4) is 0 Å². The van der Waals surface area contributed by atoms with Crippen LogP contribution in [0.4, 0.5) is 8.78 Å². The Kier molecular flexibility index (Phi) is 6.53. The third-order valence-electron chi connectivity index (χ3n) is 2.44. The average molecular weight is 342 g/mol. The summed E-state index contributed by atoms with van der Waals surface area (Å²) >= 11 is 5.73. The van der Waals surface area contributed by atoms with Crippen LogP contribution in [0.1, 0.15) is 0 Å². The number of hydrogen-bond donors (Lipinski definition) is 1. The van der Waals surface area contributed by atoms with Crippen molar-refractivity contribution < 1.29 is 27.0 Å². The van der Waals surface area contributed by atoms with Gasteiger partial charge in [0, 0.05) is 13.1 Å². The third-order valence-corrected chi connectivity index (χ3v) is 4.60. The number of sulfonamides is 1. The summed E-state index contributed by atoms with van der Waals surface area (Å²) < 4.78 is 54.0. The zero-order valence-corrected chi connectivity index (χ0v) is 12.4. The van der Waals surface area contributed by atoms with Crippen molar-refractivity contribution in [2.45, 2.75) is 11.5 Å². The van der Waals surface area contributed by atoms with Gasteiger partial charge in [0.15, 0.2) is 0 Å². The Bertz CT molecular complexity index is 595. The maximum absolute atomic E-state index is 12.3. The van der Waals surface area contributed by atoms with Gasteiger partial charge < -0.3 is 9.84 Å². The van der Waals surface area contributed by atoms with Gasteiger partial charge in [0.2, 0.25) is 10.0 Å². The smallest absolute Gasteiger partial charge is 0.387 e. The number of hydrogen-bond acceptors (Lipinski definition) is 4. The zero-order valence-electron chi connectivity index (χ0n) is 10.9. The summed E-state index contributed by atoms with van der Waals surface area (Å²) in [4.78, 5) is -0.190. The van der Waals surface area contributed by atoms with Gasteiger partial charge in [0.1, 0.15) is 5.75 Å². The number of aliphatic hydroxyl groups excluding tert-OH is 1. The van der Waals surface area contributed by atoms with Crippen molar-refractivity contribution in [2.24, 2.45) is 0 Å². The SMILES string of the molecule is C=CCN(CCO)S(=O)(=O)c1ccc(OC(F)F)c(Cl)c1. The van der Waals surface area contributed by atoms with Gasteiger partial charge in [-0.3, -0.25) is 0 Å². The number of ether oxygens (including phenoxy) is 1. The lowest BCUT2D eigenvalue weighted by Gasteiger charge is -2.20. The molecule has 0 aliphatic carbocycles. The molecule has 1 aromatic rings. The van der Waals surface area contributed by atoms with Gasteiger partial charge in [0.05, 0.1) is 16.5 Å². The van der Waals surface area contributed by atoms with Gasteiger partial charge in [-0.15, -0.1) is 6.58 Å². The summed E-state index contributed by atoms with van der Waals surface area (Å²) in [5.74, 6) is -0.317. The van der Waals surface area contributed by atoms with E-state index in [0.29, 0.717) is 0 Å². The molecule has 0 saturated heterocycles. The van der Waals surface area contributed by atoms with E-state index in [0.717, 1.165) is 22.5 Å². The molecule has 0 saturated carbocycles. The Hall–Kier alpha value is -1.22. The molecule has 0 radical (unpaired) electrons. The molecule has 0 heterocycles. The quantitative estimate of drug-likeness (QED) is 0.735. The minimum absolute atomic E-state index is 0.00417. The van der Waals surface area contributed by atoms with Crippen molar-refractivity contribution in [3.63, 3.8) is 0 Å². The number of alkyl halides is 2. The van der Waals surface area contributed by atoms with Crippen LogP contribution in [0.25, 0.3) is 0 Å². The molecule has 21 heavy (non-hydrogen) atoms. The lowest BCUT2D eigenvalue weighted by molar-refractivity contribution is -0.0498. The minimum Gasteiger partial charge on any atom is -0.433 e. The second-order valence-electron chi connectivity index (χ2n) is 3.85. The van der Waals surface area contributed by atoms with Crippen molar-refractivity contribution >= 4 is 21.6 Å². The number of nitrogens with zero attached hydrogens (tertiary/aromatic N) is 1. The molecule has 0 aromatic heterocycles. The van der Waals surface area contributed by atoms with E-state index in [4.69, 9.17) is 16.7 Å². The fourth-order valence-electron chi connectivity index (χ4n) is 1.55. The fourth-order valence-corrected chi connectivity index (χ4v) is 3.27. The van der Waals surface area contributed by atoms with E-state index >= 15 is 0 Å². The van der Waals surface area contributed by atoms with E-state index < -0.39 is 16.6 Å². The van der Waals surface area contributed by atoms with Crippen molar-refractivity contribution in [3.8, 4) is 5.75 Å². The monoisotopic (exact) mass is 341 g/mol. The van der Waals surface area contributed by atoms with Crippen molar-refractivity contribution in [1.29, 1.82) is 0 Å². The second-order valence-corrected chi connectivity index (χ2v) is 6.19. The number of aliphatic hydroxyl groups is 1. The molecule has 0 fully saturated rings.